The lowest BCUT2D eigenvalue weighted by Gasteiger charge is -2.30. The molecule has 0 unspecified atom stereocenters. The monoisotopic (exact) mass is 222 g/mol. The van der Waals surface area contributed by atoms with Crippen molar-refractivity contribution in [3.05, 3.63) is 0 Å². The van der Waals surface area contributed by atoms with Gasteiger partial charge in [-0.1, -0.05) is 19.3 Å². The van der Waals surface area contributed by atoms with Gasteiger partial charge in [0.2, 0.25) is 11.8 Å². The maximum atomic E-state index is 12.2. The first kappa shape index (κ1) is 10.3. The van der Waals surface area contributed by atoms with Gasteiger partial charge in [0.1, 0.15) is 0 Å². The van der Waals surface area contributed by atoms with Crippen molar-refractivity contribution in [3.8, 4) is 0 Å². The molecule has 0 bridgehead atoms. The molecule has 4 heteroatoms. The Morgan fingerprint density at radius 1 is 0.938 bits per heavy atom. The van der Waals surface area contributed by atoms with E-state index in [-0.39, 0.29) is 29.7 Å². The first-order valence-corrected chi connectivity index (χ1v) is 6.36. The summed E-state index contributed by atoms with van der Waals surface area (Å²) in [6.07, 6.45) is 5.61. The van der Waals surface area contributed by atoms with Crippen LogP contribution in [0.5, 0.6) is 0 Å². The van der Waals surface area contributed by atoms with Crippen LogP contribution < -0.4 is 5.32 Å². The average molecular weight is 222 g/mol. The number of amides is 2. The molecule has 2 atom stereocenters. The van der Waals surface area contributed by atoms with E-state index in [1.807, 2.05) is 0 Å². The predicted molar refractivity (Wildman–Crippen MR) is 58.6 cm³/mol. The van der Waals surface area contributed by atoms with Crippen LogP contribution in [0.2, 0.25) is 0 Å². The molecule has 2 amide bonds. The molecule has 3 fully saturated rings. The lowest BCUT2D eigenvalue weighted by molar-refractivity contribution is -0.143. The molecule has 0 aromatic heterocycles. The van der Waals surface area contributed by atoms with Gasteiger partial charge in [-0.2, -0.15) is 0 Å². The summed E-state index contributed by atoms with van der Waals surface area (Å²) in [6, 6.07) is 0.208. The van der Waals surface area contributed by atoms with E-state index < -0.39 is 0 Å². The molecule has 4 nitrogen and oxygen atoms in total. The summed E-state index contributed by atoms with van der Waals surface area (Å²) in [4.78, 5) is 25.9. The zero-order valence-corrected chi connectivity index (χ0v) is 9.45. The zero-order valence-electron chi connectivity index (χ0n) is 9.45. The number of likely N-dealkylation sites (tertiary alicyclic amines) is 1. The van der Waals surface area contributed by atoms with Crippen LogP contribution in [0, 0.1) is 11.8 Å². The fourth-order valence-electron chi connectivity index (χ4n) is 3.36. The lowest BCUT2D eigenvalue weighted by atomic mass is 9.94. The Morgan fingerprint density at radius 2 is 1.50 bits per heavy atom. The lowest BCUT2D eigenvalue weighted by Crippen LogP contribution is -2.43. The fourth-order valence-corrected chi connectivity index (χ4v) is 3.36. The highest BCUT2D eigenvalue weighted by molar-refractivity contribution is 6.06. The van der Waals surface area contributed by atoms with E-state index >= 15 is 0 Å². The van der Waals surface area contributed by atoms with Crippen LogP contribution in [0.1, 0.15) is 32.1 Å². The molecule has 2 heterocycles. The van der Waals surface area contributed by atoms with Crippen LogP contribution >= 0.6 is 0 Å². The van der Waals surface area contributed by atoms with Crippen molar-refractivity contribution < 1.29 is 9.59 Å². The summed E-state index contributed by atoms with van der Waals surface area (Å²) < 4.78 is 0. The second-order valence-electron chi connectivity index (χ2n) is 5.21. The smallest absolute Gasteiger partial charge is 0.234 e. The molecule has 0 radical (unpaired) electrons. The largest absolute Gasteiger partial charge is 0.315 e. The van der Waals surface area contributed by atoms with Crippen LogP contribution in [0.15, 0.2) is 0 Å². The number of nitrogens with one attached hydrogen (secondary N) is 1. The first-order chi connectivity index (χ1) is 7.79. The van der Waals surface area contributed by atoms with Crippen molar-refractivity contribution in [2.45, 2.75) is 38.1 Å². The number of fused-ring (bicyclic) bond motifs is 1. The average Bonchev–Trinajstić information content (AvgIpc) is 2.86. The van der Waals surface area contributed by atoms with Crippen LogP contribution in [0.3, 0.4) is 0 Å². The van der Waals surface area contributed by atoms with Gasteiger partial charge in [0.15, 0.2) is 0 Å². The van der Waals surface area contributed by atoms with Gasteiger partial charge in [-0.25, -0.2) is 0 Å². The minimum absolute atomic E-state index is 0.0607. The highest BCUT2D eigenvalue weighted by Gasteiger charge is 2.51. The number of carbonyl (C=O) groups is 2. The minimum Gasteiger partial charge on any atom is -0.315 e. The molecule has 0 spiro atoms. The van der Waals surface area contributed by atoms with Crippen LogP contribution in [0.25, 0.3) is 0 Å². The number of rotatable bonds is 1. The molecule has 16 heavy (non-hydrogen) atoms. The van der Waals surface area contributed by atoms with E-state index in [0.717, 1.165) is 25.7 Å². The molecule has 1 N–H and O–H groups in total. The molecular formula is C12H18N2O2. The Labute approximate surface area is 95.4 Å². The topological polar surface area (TPSA) is 49.4 Å². The standard InChI is InChI=1S/C12H18N2O2/c15-11-9-6-13-7-10(9)12(16)14(11)8-4-2-1-3-5-8/h8-10,13H,1-7H2/t9-,10-/m0/s1. The SMILES string of the molecule is O=C1[C@H]2CNC[C@@H]2C(=O)N1C1CCCCC1. The maximum Gasteiger partial charge on any atom is 0.234 e. The summed E-state index contributed by atoms with van der Waals surface area (Å²) in [7, 11) is 0. The molecular weight excluding hydrogens is 204 g/mol. The summed E-state index contributed by atoms with van der Waals surface area (Å²) in [6.45, 7) is 1.39. The van der Waals surface area contributed by atoms with Crippen LogP contribution in [0.4, 0.5) is 0 Å². The van der Waals surface area contributed by atoms with E-state index in [4.69, 9.17) is 0 Å². The Morgan fingerprint density at radius 3 is 2.06 bits per heavy atom. The van der Waals surface area contributed by atoms with Gasteiger partial charge >= 0.3 is 0 Å². The van der Waals surface area contributed by atoms with E-state index in [2.05, 4.69) is 5.32 Å². The first-order valence-electron chi connectivity index (χ1n) is 6.36. The number of carbonyl (C=O) groups excluding carboxylic acids is 2. The van der Waals surface area contributed by atoms with Crippen molar-refractivity contribution >= 4 is 11.8 Å². The van der Waals surface area contributed by atoms with E-state index in [1.165, 1.54) is 6.42 Å². The van der Waals surface area contributed by atoms with Gasteiger partial charge in [0, 0.05) is 19.1 Å². The van der Waals surface area contributed by atoms with Crippen molar-refractivity contribution in [3.63, 3.8) is 0 Å². The minimum atomic E-state index is -0.0607. The molecule has 2 aliphatic heterocycles. The van der Waals surface area contributed by atoms with Crippen molar-refractivity contribution in [1.82, 2.24) is 10.2 Å². The van der Waals surface area contributed by atoms with Gasteiger partial charge < -0.3 is 5.32 Å². The van der Waals surface area contributed by atoms with Crippen molar-refractivity contribution in [2.75, 3.05) is 13.1 Å². The molecule has 1 saturated carbocycles. The third-order valence-electron chi connectivity index (χ3n) is 4.26. The van der Waals surface area contributed by atoms with Gasteiger partial charge in [-0.05, 0) is 12.8 Å². The second-order valence-corrected chi connectivity index (χ2v) is 5.21. The summed E-state index contributed by atoms with van der Waals surface area (Å²) >= 11 is 0. The zero-order chi connectivity index (χ0) is 11.1. The Balaban J connectivity index is 1.80. The van der Waals surface area contributed by atoms with Gasteiger partial charge in [0.05, 0.1) is 11.8 Å². The summed E-state index contributed by atoms with van der Waals surface area (Å²) in [5, 5.41) is 3.14. The number of hydrogen-bond donors (Lipinski definition) is 1. The van der Waals surface area contributed by atoms with Crippen LogP contribution in [-0.2, 0) is 9.59 Å². The predicted octanol–water partition coefficient (Wildman–Crippen LogP) is 0.523. The highest BCUT2D eigenvalue weighted by Crippen LogP contribution is 2.34. The van der Waals surface area contributed by atoms with Crippen molar-refractivity contribution in [1.29, 1.82) is 0 Å². The molecule has 88 valence electrons. The third kappa shape index (κ3) is 1.39. The van der Waals surface area contributed by atoms with E-state index in [1.54, 1.807) is 4.90 Å². The maximum absolute atomic E-state index is 12.2. The van der Waals surface area contributed by atoms with E-state index in [0.29, 0.717) is 13.1 Å². The number of nitrogens with zero attached hydrogens (tertiary/aromatic N) is 1. The van der Waals surface area contributed by atoms with Crippen molar-refractivity contribution in [2.24, 2.45) is 11.8 Å². The summed E-state index contributed by atoms with van der Waals surface area (Å²) in [5.41, 5.74) is 0. The van der Waals surface area contributed by atoms with Gasteiger partial charge in [0.25, 0.3) is 0 Å². The third-order valence-corrected chi connectivity index (χ3v) is 4.26. The molecule has 0 aromatic carbocycles. The highest BCUT2D eigenvalue weighted by atomic mass is 16.2. The Hall–Kier alpha value is -0.900. The molecule has 3 aliphatic rings. The number of hydrogen-bond acceptors (Lipinski definition) is 3. The second kappa shape index (κ2) is 3.84. The molecule has 3 rings (SSSR count). The fraction of sp³-hybridized carbons (Fsp3) is 0.833. The molecule has 2 saturated heterocycles. The van der Waals surface area contributed by atoms with Gasteiger partial charge in [-0.3, -0.25) is 14.5 Å². The molecule has 0 aromatic rings. The normalized spacial score (nSPS) is 35.9. The Bertz CT molecular complexity index is 301. The Kier molecular flexibility index (Phi) is 2.46. The molecule has 1 aliphatic carbocycles. The summed E-state index contributed by atoms with van der Waals surface area (Å²) in [5.74, 6) is 0.0580. The van der Waals surface area contributed by atoms with E-state index in [9.17, 15) is 9.59 Å². The quantitative estimate of drug-likeness (QED) is 0.658. The van der Waals surface area contributed by atoms with Gasteiger partial charge in [-0.15, -0.1) is 0 Å². The van der Waals surface area contributed by atoms with Crippen LogP contribution in [-0.4, -0.2) is 35.8 Å². The number of imide groups is 1.